The number of halogens is 1. The topological polar surface area (TPSA) is 81.9 Å². The van der Waals surface area contributed by atoms with Gasteiger partial charge in [0, 0.05) is 27.9 Å². The van der Waals surface area contributed by atoms with Gasteiger partial charge in [0.25, 0.3) is 11.5 Å². The first-order valence-corrected chi connectivity index (χ1v) is 10.5. The predicted molar refractivity (Wildman–Crippen MR) is 122 cm³/mol. The van der Waals surface area contributed by atoms with Crippen molar-refractivity contribution in [3.63, 3.8) is 0 Å². The van der Waals surface area contributed by atoms with E-state index in [1.165, 1.54) is 21.9 Å². The van der Waals surface area contributed by atoms with Crippen molar-refractivity contribution in [2.75, 3.05) is 19.5 Å². The molecule has 0 aliphatic rings. The number of anilines is 1. The van der Waals surface area contributed by atoms with Gasteiger partial charge in [0.1, 0.15) is 17.1 Å². The van der Waals surface area contributed by atoms with E-state index in [1.807, 2.05) is 6.92 Å². The van der Waals surface area contributed by atoms with Gasteiger partial charge in [0.15, 0.2) is 4.96 Å². The zero-order valence-electron chi connectivity index (χ0n) is 16.9. The summed E-state index contributed by atoms with van der Waals surface area (Å²) in [5.41, 5.74) is 2.02. The SMILES string of the molecule is COc1ccc(OC)c(-c2csc3ncc(C(=O)Nc4ccc(Cl)cc4C)c(=O)n23)c1. The van der Waals surface area contributed by atoms with Crippen molar-refractivity contribution in [2.45, 2.75) is 6.92 Å². The molecule has 0 bridgehead atoms. The molecule has 0 unspecified atom stereocenters. The fraction of sp³-hybridized carbons (Fsp3) is 0.136. The number of aryl methyl sites for hydroxylation is 1. The quantitative estimate of drug-likeness (QED) is 0.473. The normalized spacial score (nSPS) is 10.8. The number of aromatic nitrogens is 2. The number of thiazole rings is 1. The van der Waals surface area contributed by atoms with Crippen molar-refractivity contribution < 1.29 is 14.3 Å². The van der Waals surface area contributed by atoms with Gasteiger partial charge in [-0.1, -0.05) is 11.6 Å². The highest BCUT2D eigenvalue weighted by Gasteiger charge is 2.20. The van der Waals surface area contributed by atoms with E-state index in [0.29, 0.717) is 38.4 Å². The summed E-state index contributed by atoms with van der Waals surface area (Å²) < 4.78 is 12.2. The van der Waals surface area contributed by atoms with Gasteiger partial charge in [0.2, 0.25) is 0 Å². The van der Waals surface area contributed by atoms with Crippen LogP contribution < -0.4 is 20.3 Å². The highest BCUT2D eigenvalue weighted by molar-refractivity contribution is 7.15. The maximum absolute atomic E-state index is 13.3. The van der Waals surface area contributed by atoms with Crippen LogP contribution in [0.15, 0.2) is 52.8 Å². The largest absolute Gasteiger partial charge is 0.497 e. The standard InChI is InChI=1S/C22H18ClN3O4S/c1-12-8-13(23)4-6-17(12)25-20(27)16-10-24-22-26(21(16)28)18(11-31-22)15-9-14(29-2)5-7-19(15)30-3/h4-11H,1-3H3,(H,25,27). The summed E-state index contributed by atoms with van der Waals surface area (Å²) >= 11 is 7.27. The van der Waals surface area contributed by atoms with Gasteiger partial charge in [-0.25, -0.2) is 4.98 Å². The molecule has 1 N–H and O–H groups in total. The number of benzene rings is 2. The molecule has 0 aliphatic heterocycles. The molecule has 0 atom stereocenters. The van der Waals surface area contributed by atoms with E-state index in [1.54, 1.807) is 56.0 Å². The molecule has 2 aromatic heterocycles. The summed E-state index contributed by atoms with van der Waals surface area (Å²) in [6, 6.07) is 10.4. The Balaban J connectivity index is 1.81. The fourth-order valence-corrected chi connectivity index (χ4v) is 4.28. The van der Waals surface area contributed by atoms with Crippen LogP contribution >= 0.6 is 22.9 Å². The number of carbonyl (C=O) groups is 1. The van der Waals surface area contributed by atoms with Gasteiger partial charge in [-0.3, -0.25) is 14.0 Å². The summed E-state index contributed by atoms with van der Waals surface area (Å²) in [6.45, 7) is 1.82. The predicted octanol–water partition coefficient (Wildman–Crippen LogP) is 4.65. The maximum Gasteiger partial charge on any atom is 0.271 e. The smallest absolute Gasteiger partial charge is 0.271 e. The van der Waals surface area contributed by atoms with Crippen LogP contribution in [-0.2, 0) is 0 Å². The van der Waals surface area contributed by atoms with E-state index < -0.39 is 11.5 Å². The summed E-state index contributed by atoms with van der Waals surface area (Å²) in [4.78, 5) is 30.9. The Kier molecular flexibility index (Phi) is 5.67. The number of hydrogen-bond acceptors (Lipinski definition) is 6. The molecule has 1 amide bonds. The molecule has 4 aromatic rings. The number of hydrogen-bond donors (Lipinski definition) is 1. The highest BCUT2D eigenvalue weighted by Crippen LogP contribution is 2.35. The molecule has 0 spiro atoms. The molecule has 0 aliphatic carbocycles. The molecular formula is C22H18ClN3O4S. The third-order valence-electron chi connectivity index (χ3n) is 4.81. The van der Waals surface area contributed by atoms with Crippen molar-refractivity contribution in [3.8, 4) is 22.8 Å². The van der Waals surface area contributed by atoms with Crippen LogP contribution in [0.1, 0.15) is 15.9 Å². The average molecular weight is 456 g/mol. The van der Waals surface area contributed by atoms with Crippen LogP contribution in [0.2, 0.25) is 5.02 Å². The molecular weight excluding hydrogens is 438 g/mol. The monoisotopic (exact) mass is 455 g/mol. The van der Waals surface area contributed by atoms with Gasteiger partial charge in [-0.2, -0.15) is 0 Å². The minimum atomic E-state index is -0.549. The third-order valence-corrected chi connectivity index (χ3v) is 5.88. The van der Waals surface area contributed by atoms with Crippen LogP contribution in [0.5, 0.6) is 11.5 Å². The van der Waals surface area contributed by atoms with Crippen LogP contribution in [0.3, 0.4) is 0 Å². The number of rotatable bonds is 5. The number of nitrogens with zero attached hydrogens (tertiary/aromatic N) is 2. The van der Waals surface area contributed by atoms with Crippen LogP contribution in [-0.4, -0.2) is 29.5 Å². The van der Waals surface area contributed by atoms with E-state index in [2.05, 4.69) is 10.3 Å². The molecule has 158 valence electrons. The lowest BCUT2D eigenvalue weighted by Crippen LogP contribution is -2.26. The summed E-state index contributed by atoms with van der Waals surface area (Å²) in [7, 11) is 3.11. The molecule has 2 heterocycles. The molecule has 0 fully saturated rings. The first kappa shape index (κ1) is 20.9. The van der Waals surface area contributed by atoms with Gasteiger partial charge in [-0.05, 0) is 48.9 Å². The average Bonchev–Trinajstić information content (AvgIpc) is 3.20. The number of methoxy groups -OCH3 is 2. The number of amides is 1. The second-order valence-electron chi connectivity index (χ2n) is 6.70. The second kappa shape index (κ2) is 8.41. The first-order chi connectivity index (χ1) is 14.9. The zero-order chi connectivity index (χ0) is 22.1. The number of carbonyl (C=O) groups excluding carboxylic acids is 1. The van der Waals surface area contributed by atoms with E-state index in [0.717, 1.165) is 5.56 Å². The van der Waals surface area contributed by atoms with Crippen LogP contribution in [0, 0.1) is 6.92 Å². The van der Waals surface area contributed by atoms with Crippen LogP contribution in [0.25, 0.3) is 16.2 Å². The van der Waals surface area contributed by atoms with Crippen molar-refractivity contribution in [1.29, 1.82) is 0 Å². The number of fused-ring (bicyclic) bond motifs is 1. The molecule has 9 heteroatoms. The minimum Gasteiger partial charge on any atom is -0.497 e. The second-order valence-corrected chi connectivity index (χ2v) is 7.97. The molecule has 0 saturated heterocycles. The zero-order valence-corrected chi connectivity index (χ0v) is 18.5. The summed E-state index contributed by atoms with van der Waals surface area (Å²) in [5.74, 6) is 0.634. The highest BCUT2D eigenvalue weighted by atomic mass is 35.5. The Morgan fingerprint density at radius 1 is 1.16 bits per heavy atom. The van der Waals surface area contributed by atoms with Gasteiger partial charge in [-0.15, -0.1) is 11.3 Å². The fourth-order valence-electron chi connectivity index (χ4n) is 3.21. The minimum absolute atomic E-state index is 0.0756. The Hall–Kier alpha value is -3.36. The van der Waals surface area contributed by atoms with E-state index >= 15 is 0 Å². The van der Waals surface area contributed by atoms with Gasteiger partial charge >= 0.3 is 0 Å². The van der Waals surface area contributed by atoms with Crippen molar-refractivity contribution in [3.05, 3.63) is 74.5 Å². The van der Waals surface area contributed by atoms with Crippen LogP contribution in [0.4, 0.5) is 5.69 Å². The lowest BCUT2D eigenvalue weighted by Gasteiger charge is -2.11. The number of ether oxygens (including phenoxy) is 2. The molecule has 7 nitrogen and oxygen atoms in total. The Bertz CT molecular complexity index is 1360. The van der Waals surface area contributed by atoms with Crippen molar-refractivity contribution in [1.82, 2.24) is 9.38 Å². The lowest BCUT2D eigenvalue weighted by atomic mass is 10.1. The van der Waals surface area contributed by atoms with Gasteiger partial charge < -0.3 is 14.8 Å². The molecule has 0 radical (unpaired) electrons. The van der Waals surface area contributed by atoms with Crippen molar-refractivity contribution >= 4 is 39.5 Å². The maximum atomic E-state index is 13.3. The molecule has 2 aromatic carbocycles. The first-order valence-electron chi connectivity index (χ1n) is 9.22. The van der Waals surface area contributed by atoms with E-state index in [-0.39, 0.29) is 5.56 Å². The molecule has 0 saturated carbocycles. The Morgan fingerprint density at radius 2 is 1.97 bits per heavy atom. The van der Waals surface area contributed by atoms with Gasteiger partial charge in [0.05, 0.1) is 19.9 Å². The molecule has 4 rings (SSSR count). The van der Waals surface area contributed by atoms with E-state index in [9.17, 15) is 9.59 Å². The van der Waals surface area contributed by atoms with Crippen molar-refractivity contribution in [2.24, 2.45) is 0 Å². The lowest BCUT2D eigenvalue weighted by molar-refractivity contribution is 0.102. The number of nitrogens with one attached hydrogen (secondary N) is 1. The molecule has 31 heavy (non-hydrogen) atoms. The summed E-state index contributed by atoms with van der Waals surface area (Å²) in [5, 5.41) is 5.12. The Morgan fingerprint density at radius 3 is 2.68 bits per heavy atom. The third kappa shape index (κ3) is 3.87. The summed E-state index contributed by atoms with van der Waals surface area (Å²) in [6.07, 6.45) is 1.29. The van der Waals surface area contributed by atoms with E-state index in [4.69, 9.17) is 21.1 Å². The Labute approximate surface area is 186 Å².